The maximum Gasteiger partial charge on any atom is 0.0319 e. The maximum absolute atomic E-state index is 2.61. The molecule has 2 atom stereocenters. The van der Waals surface area contributed by atoms with Crippen LogP contribution in [0.1, 0.15) is 40.0 Å². The van der Waals surface area contributed by atoms with Crippen LogP contribution < -0.4 is 0 Å². The first-order valence-corrected chi connectivity index (χ1v) is 7.71. The van der Waals surface area contributed by atoms with Crippen LogP contribution in [0.15, 0.2) is 47.6 Å². The Balaban J connectivity index is 2.04. The highest BCUT2D eigenvalue weighted by Gasteiger charge is 2.24. The summed E-state index contributed by atoms with van der Waals surface area (Å²) >= 11 is 0. The molecule has 0 aromatic heterocycles. The minimum atomic E-state index is 0.612. The van der Waals surface area contributed by atoms with Gasteiger partial charge in [-0.1, -0.05) is 62.8 Å². The zero-order valence-electron chi connectivity index (χ0n) is 12.6. The van der Waals surface area contributed by atoms with Gasteiger partial charge in [-0.3, -0.25) is 4.90 Å². The second kappa shape index (κ2) is 6.91. The van der Waals surface area contributed by atoms with E-state index in [0.717, 1.165) is 25.9 Å². The average Bonchev–Trinajstić information content (AvgIpc) is 3.12. The molecule has 0 aromatic rings. The van der Waals surface area contributed by atoms with Gasteiger partial charge in [-0.2, -0.15) is 0 Å². The summed E-state index contributed by atoms with van der Waals surface area (Å²) in [7, 11) is 0. The molecule has 0 saturated heterocycles. The largest absolute Gasteiger partial charge is 0.297 e. The Labute approximate surface area is 118 Å². The molecular formula is C18H27N. The lowest BCUT2D eigenvalue weighted by atomic mass is 9.88. The van der Waals surface area contributed by atoms with E-state index in [0.29, 0.717) is 12.0 Å². The van der Waals surface area contributed by atoms with Gasteiger partial charge in [-0.15, -0.1) is 0 Å². The Morgan fingerprint density at radius 1 is 1.00 bits per heavy atom. The predicted octanol–water partition coefficient (Wildman–Crippen LogP) is 4.50. The van der Waals surface area contributed by atoms with Gasteiger partial charge in [0.1, 0.15) is 0 Å². The molecule has 0 spiro atoms. The SMILES string of the molecule is CCN(CC)[C@H](C[C@@H](C)C1=CC=CC1)C1=CC=CC1. The van der Waals surface area contributed by atoms with Crippen LogP contribution in [0.25, 0.3) is 0 Å². The van der Waals surface area contributed by atoms with E-state index < -0.39 is 0 Å². The van der Waals surface area contributed by atoms with Crippen molar-refractivity contribution >= 4 is 0 Å². The first kappa shape index (κ1) is 14.3. The summed E-state index contributed by atoms with van der Waals surface area (Å²) in [4.78, 5) is 2.61. The topological polar surface area (TPSA) is 3.24 Å². The van der Waals surface area contributed by atoms with Gasteiger partial charge in [-0.25, -0.2) is 0 Å². The Morgan fingerprint density at radius 3 is 2.05 bits per heavy atom. The fourth-order valence-electron chi connectivity index (χ4n) is 3.23. The Kier molecular flexibility index (Phi) is 5.21. The summed E-state index contributed by atoms with van der Waals surface area (Å²) < 4.78 is 0. The Bertz CT molecular complexity index is 407. The molecule has 2 aliphatic rings. The lowest BCUT2D eigenvalue weighted by molar-refractivity contribution is 0.219. The first-order chi connectivity index (χ1) is 9.26. The second-order valence-electron chi connectivity index (χ2n) is 5.62. The maximum atomic E-state index is 2.61. The number of rotatable bonds is 7. The molecule has 0 aliphatic heterocycles. The van der Waals surface area contributed by atoms with Gasteiger partial charge in [0.15, 0.2) is 0 Å². The molecular weight excluding hydrogens is 230 g/mol. The third kappa shape index (κ3) is 3.48. The van der Waals surface area contributed by atoms with Crippen molar-refractivity contribution in [3.63, 3.8) is 0 Å². The van der Waals surface area contributed by atoms with Gasteiger partial charge in [0.2, 0.25) is 0 Å². The normalized spacial score (nSPS) is 20.8. The van der Waals surface area contributed by atoms with E-state index in [4.69, 9.17) is 0 Å². The molecule has 0 bridgehead atoms. The molecule has 0 radical (unpaired) electrons. The molecule has 104 valence electrons. The highest BCUT2D eigenvalue weighted by atomic mass is 15.1. The highest BCUT2D eigenvalue weighted by Crippen LogP contribution is 2.30. The Hall–Kier alpha value is -1.08. The molecule has 1 nitrogen and oxygen atoms in total. The smallest absolute Gasteiger partial charge is 0.0319 e. The number of likely N-dealkylation sites (N-methyl/N-ethyl adjacent to an activating group) is 1. The molecule has 0 saturated carbocycles. The van der Waals surface area contributed by atoms with E-state index in [-0.39, 0.29) is 0 Å². The molecule has 0 fully saturated rings. The molecule has 0 aromatic carbocycles. The van der Waals surface area contributed by atoms with E-state index in [1.165, 1.54) is 6.42 Å². The summed E-state index contributed by atoms with van der Waals surface area (Å²) in [6, 6.07) is 0.612. The van der Waals surface area contributed by atoms with Crippen molar-refractivity contribution in [3.05, 3.63) is 47.6 Å². The van der Waals surface area contributed by atoms with Crippen LogP contribution in [0.2, 0.25) is 0 Å². The molecule has 2 rings (SSSR count). The molecule has 19 heavy (non-hydrogen) atoms. The number of nitrogens with zero attached hydrogens (tertiary/aromatic N) is 1. The summed E-state index contributed by atoms with van der Waals surface area (Å²) in [5.74, 6) is 0.682. The van der Waals surface area contributed by atoms with Crippen molar-refractivity contribution in [1.82, 2.24) is 4.90 Å². The van der Waals surface area contributed by atoms with E-state index in [9.17, 15) is 0 Å². The molecule has 0 N–H and O–H groups in total. The van der Waals surface area contributed by atoms with Crippen LogP contribution in [0.3, 0.4) is 0 Å². The fourth-order valence-corrected chi connectivity index (χ4v) is 3.23. The quantitative estimate of drug-likeness (QED) is 0.649. The van der Waals surface area contributed by atoms with E-state index >= 15 is 0 Å². The summed E-state index contributed by atoms with van der Waals surface area (Å²) in [5.41, 5.74) is 3.20. The van der Waals surface area contributed by atoms with Crippen LogP contribution in [-0.2, 0) is 0 Å². The molecule has 2 aliphatic carbocycles. The zero-order chi connectivity index (χ0) is 13.7. The van der Waals surface area contributed by atoms with Crippen LogP contribution in [0.5, 0.6) is 0 Å². The van der Waals surface area contributed by atoms with Crippen molar-refractivity contribution in [1.29, 1.82) is 0 Å². The van der Waals surface area contributed by atoms with E-state index in [2.05, 4.69) is 62.1 Å². The summed E-state index contributed by atoms with van der Waals surface area (Å²) in [6.45, 7) is 9.23. The third-order valence-electron chi connectivity index (χ3n) is 4.49. The van der Waals surface area contributed by atoms with Crippen LogP contribution in [0, 0.1) is 5.92 Å². The molecule has 0 heterocycles. The van der Waals surface area contributed by atoms with Crippen molar-refractivity contribution < 1.29 is 0 Å². The van der Waals surface area contributed by atoms with Crippen LogP contribution in [0.4, 0.5) is 0 Å². The van der Waals surface area contributed by atoms with Crippen LogP contribution >= 0.6 is 0 Å². The number of allylic oxidation sites excluding steroid dienone is 7. The first-order valence-electron chi connectivity index (χ1n) is 7.71. The molecule has 0 unspecified atom stereocenters. The van der Waals surface area contributed by atoms with Crippen molar-refractivity contribution in [3.8, 4) is 0 Å². The van der Waals surface area contributed by atoms with E-state index in [1.54, 1.807) is 11.1 Å². The molecule has 0 amide bonds. The van der Waals surface area contributed by atoms with Gasteiger partial charge < -0.3 is 0 Å². The number of hydrogen-bond donors (Lipinski definition) is 0. The average molecular weight is 257 g/mol. The van der Waals surface area contributed by atoms with Gasteiger partial charge in [0.05, 0.1) is 0 Å². The summed E-state index contributed by atoms with van der Waals surface area (Å²) in [6.07, 6.45) is 17.2. The minimum Gasteiger partial charge on any atom is -0.297 e. The summed E-state index contributed by atoms with van der Waals surface area (Å²) in [5, 5.41) is 0. The van der Waals surface area contributed by atoms with Gasteiger partial charge in [0, 0.05) is 6.04 Å². The predicted molar refractivity (Wildman–Crippen MR) is 84.2 cm³/mol. The van der Waals surface area contributed by atoms with Crippen molar-refractivity contribution in [2.75, 3.05) is 13.1 Å². The van der Waals surface area contributed by atoms with Crippen molar-refractivity contribution in [2.24, 2.45) is 5.92 Å². The minimum absolute atomic E-state index is 0.612. The van der Waals surface area contributed by atoms with Gasteiger partial charge in [-0.05, 0) is 43.8 Å². The lowest BCUT2D eigenvalue weighted by Gasteiger charge is -2.33. The van der Waals surface area contributed by atoms with E-state index in [1.807, 2.05) is 0 Å². The second-order valence-corrected chi connectivity index (χ2v) is 5.62. The third-order valence-corrected chi connectivity index (χ3v) is 4.49. The highest BCUT2D eigenvalue weighted by molar-refractivity contribution is 5.29. The monoisotopic (exact) mass is 257 g/mol. The van der Waals surface area contributed by atoms with Crippen LogP contribution in [-0.4, -0.2) is 24.0 Å². The Morgan fingerprint density at radius 2 is 1.58 bits per heavy atom. The van der Waals surface area contributed by atoms with Gasteiger partial charge in [0.25, 0.3) is 0 Å². The molecule has 1 heteroatoms. The standard InChI is InChI=1S/C18H27N/c1-4-19(5-2)18(17-12-8-9-13-17)14-15(3)16-10-6-7-11-16/h6-10,12,15,18H,4-5,11,13-14H2,1-3H3/t15-,18-/m1/s1. The zero-order valence-corrected chi connectivity index (χ0v) is 12.6. The van der Waals surface area contributed by atoms with Gasteiger partial charge >= 0.3 is 0 Å². The lowest BCUT2D eigenvalue weighted by Crippen LogP contribution is -2.37. The fraction of sp³-hybridized carbons (Fsp3) is 0.556. The van der Waals surface area contributed by atoms with Crippen molar-refractivity contribution in [2.45, 2.75) is 46.1 Å². The number of hydrogen-bond acceptors (Lipinski definition) is 1.